The Hall–Kier alpha value is -0.120. The molecule has 0 aromatic carbocycles. The van der Waals surface area contributed by atoms with E-state index in [0.29, 0.717) is 0 Å². The van der Waals surface area contributed by atoms with E-state index in [2.05, 4.69) is 31.0 Å². The van der Waals surface area contributed by atoms with Crippen LogP contribution in [0.25, 0.3) is 0 Å². The SMILES string of the molecule is CCCCOCCN1CCC(NCC)C(C)C1. The summed E-state index contributed by atoms with van der Waals surface area (Å²) in [6.45, 7) is 13.2. The van der Waals surface area contributed by atoms with Crippen molar-refractivity contribution in [2.45, 2.75) is 46.1 Å². The number of unbranched alkanes of at least 4 members (excludes halogenated alkanes) is 1. The van der Waals surface area contributed by atoms with Gasteiger partial charge in [0, 0.05) is 25.7 Å². The lowest BCUT2D eigenvalue weighted by Crippen LogP contribution is -2.48. The standard InChI is InChI=1S/C14H30N2O/c1-4-6-10-17-11-9-16-8-7-14(15-5-2)13(3)12-16/h13-15H,4-12H2,1-3H3. The predicted octanol–water partition coefficient (Wildman–Crippen LogP) is 2.12. The molecule has 0 aromatic heterocycles. The van der Waals surface area contributed by atoms with E-state index in [1.165, 1.54) is 32.4 Å². The van der Waals surface area contributed by atoms with Crippen molar-refractivity contribution >= 4 is 0 Å². The second-order valence-corrected chi connectivity index (χ2v) is 5.20. The molecule has 0 spiro atoms. The average molecular weight is 242 g/mol. The minimum atomic E-state index is 0.720. The Morgan fingerprint density at radius 1 is 1.29 bits per heavy atom. The second-order valence-electron chi connectivity index (χ2n) is 5.20. The Kier molecular flexibility index (Phi) is 7.82. The zero-order valence-electron chi connectivity index (χ0n) is 11.9. The molecule has 2 unspecified atom stereocenters. The van der Waals surface area contributed by atoms with Crippen molar-refractivity contribution in [1.29, 1.82) is 0 Å². The van der Waals surface area contributed by atoms with E-state index in [1.54, 1.807) is 0 Å². The summed E-state index contributed by atoms with van der Waals surface area (Å²) in [5, 5.41) is 3.58. The van der Waals surface area contributed by atoms with Gasteiger partial charge in [-0.15, -0.1) is 0 Å². The highest BCUT2D eigenvalue weighted by Gasteiger charge is 2.24. The lowest BCUT2D eigenvalue weighted by molar-refractivity contribution is 0.0769. The van der Waals surface area contributed by atoms with Gasteiger partial charge in [0.2, 0.25) is 0 Å². The van der Waals surface area contributed by atoms with Crippen LogP contribution in [0, 0.1) is 5.92 Å². The molecule has 17 heavy (non-hydrogen) atoms. The van der Waals surface area contributed by atoms with Crippen LogP contribution >= 0.6 is 0 Å². The third-order valence-corrected chi connectivity index (χ3v) is 3.65. The summed E-state index contributed by atoms with van der Waals surface area (Å²) in [5.74, 6) is 0.763. The van der Waals surface area contributed by atoms with Crippen molar-refractivity contribution in [3.8, 4) is 0 Å². The zero-order chi connectivity index (χ0) is 12.5. The van der Waals surface area contributed by atoms with Crippen LogP contribution in [0.15, 0.2) is 0 Å². The van der Waals surface area contributed by atoms with Crippen LogP contribution in [0.1, 0.15) is 40.0 Å². The molecule has 1 aliphatic rings. The van der Waals surface area contributed by atoms with E-state index < -0.39 is 0 Å². The van der Waals surface area contributed by atoms with Crippen LogP contribution in [-0.4, -0.2) is 50.3 Å². The van der Waals surface area contributed by atoms with E-state index in [4.69, 9.17) is 4.74 Å². The number of nitrogens with zero attached hydrogens (tertiary/aromatic N) is 1. The smallest absolute Gasteiger partial charge is 0.0593 e. The number of piperidine rings is 1. The van der Waals surface area contributed by atoms with Crippen LogP contribution in [-0.2, 0) is 4.74 Å². The van der Waals surface area contributed by atoms with Gasteiger partial charge in [-0.05, 0) is 31.8 Å². The summed E-state index contributed by atoms with van der Waals surface area (Å²) < 4.78 is 5.63. The minimum Gasteiger partial charge on any atom is -0.380 e. The lowest BCUT2D eigenvalue weighted by Gasteiger charge is -2.37. The zero-order valence-corrected chi connectivity index (χ0v) is 11.9. The van der Waals surface area contributed by atoms with Crippen LogP contribution < -0.4 is 5.32 Å². The maximum absolute atomic E-state index is 5.63. The molecule has 1 heterocycles. The average Bonchev–Trinajstić information content (AvgIpc) is 2.32. The second kappa shape index (κ2) is 8.90. The first-order valence-electron chi connectivity index (χ1n) is 7.31. The molecule has 1 N–H and O–H groups in total. The van der Waals surface area contributed by atoms with Gasteiger partial charge in [-0.3, -0.25) is 0 Å². The molecule has 1 fully saturated rings. The minimum absolute atomic E-state index is 0.720. The molecule has 0 bridgehead atoms. The number of rotatable bonds is 8. The molecule has 0 aliphatic carbocycles. The van der Waals surface area contributed by atoms with Crippen molar-refractivity contribution in [3.63, 3.8) is 0 Å². The monoisotopic (exact) mass is 242 g/mol. The number of nitrogens with one attached hydrogen (secondary N) is 1. The van der Waals surface area contributed by atoms with Crippen molar-refractivity contribution < 1.29 is 4.74 Å². The molecule has 0 aromatic rings. The van der Waals surface area contributed by atoms with Gasteiger partial charge in [0.25, 0.3) is 0 Å². The van der Waals surface area contributed by atoms with Gasteiger partial charge in [0.15, 0.2) is 0 Å². The van der Waals surface area contributed by atoms with Crippen molar-refractivity contribution in [1.82, 2.24) is 10.2 Å². The maximum Gasteiger partial charge on any atom is 0.0593 e. The molecule has 3 heteroatoms. The predicted molar refractivity (Wildman–Crippen MR) is 73.4 cm³/mol. The molecule has 1 saturated heterocycles. The van der Waals surface area contributed by atoms with Gasteiger partial charge < -0.3 is 15.0 Å². The van der Waals surface area contributed by atoms with Gasteiger partial charge in [-0.1, -0.05) is 27.2 Å². The summed E-state index contributed by atoms with van der Waals surface area (Å²) in [5.41, 5.74) is 0. The van der Waals surface area contributed by atoms with E-state index >= 15 is 0 Å². The van der Waals surface area contributed by atoms with E-state index in [9.17, 15) is 0 Å². The Morgan fingerprint density at radius 3 is 2.76 bits per heavy atom. The van der Waals surface area contributed by atoms with Gasteiger partial charge in [0.05, 0.1) is 6.61 Å². The Morgan fingerprint density at radius 2 is 2.12 bits per heavy atom. The van der Waals surface area contributed by atoms with Gasteiger partial charge in [-0.25, -0.2) is 0 Å². The lowest BCUT2D eigenvalue weighted by atomic mass is 9.94. The van der Waals surface area contributed by atoms with Crippen LogP contribution in [0.5, 0.6) is 0 Å². The number of ether oxygens (including phenoxy) is 1. The largest absolute Gasteiger partial charge is 0.380 e. The Labute approximate surface area is 107 Å². The number of hydrogen-bond donors (Lipinski definition) is 1. The molecule has 3 nitrogen and oxygen atoms in total. The summed E-state index contributed by atoms with van der Waals surface area (Å²) in [7, 11) is 0. The molecular weight excluding hydrogens is 212 g/mol. The Balaban J connectivity index is 2.08. The highest BCUT2D eigenvalue weighted by atomic mass is 16.5. The summed E-state index contributed by atoms with van der Waals surface area (Å²) in [4.78, 5) is 2.55. The van der Waals surface area contributed by atoms with Crippen LogP contribution in [0.4, 0.5) is 0 Å². The maximum atomic E-state index is 5.63. The molecule has 1 rings (SSSR count). The Bertz CT molecular complexity index is 187. The quantitative estimate of drug-likeness (QED) is 0.660. The summed E-state index contributed by atoms with van der Waals surface area (Å²) >= 11 is 0. The topological polar surface area (TPSA) is 24.5 Å². The highest BCUT2D eigenvalue weighted by Crippen LogP contribution is 2.16. The van der Waals surface area contributed by atoms with Crippen LogP contribution in [0.3, 0.4) is 0 Å². The summed E-state index contributed by atoms with van der Waals surface area (Å²) in [6.07, 6.45) is 3.70. The first-order chi connectivity index (χ1) is 8.27. The highest BCUT2D eigenvalue weighted by molar-refractivity contribution is 4.82. The fourth-order valence-electron chi connectivity index (χ4n) is 2.54. The molecule has 0 radical (unpaired) electrons. The van der Waals surface area contributed by atoms with Crippen LogP contribution in [0.2, 0.25) is 0 Å². The molecule has 0 amide bonds. The van der Waals surface area contributed by atoms with Crippen molar-refractivity contribution in [3.05, 3.63) is 0 Å². The molecule has 1 aliphatic heterocycles. The first kappa shape index (κ1) is 14.9. The number of hydrogen-bond acceptors (Lipinski definition) is 3. The van der Waals surface area contributed by atoms with Gasteiger partial charge in [-0.2, -0.15) is 0 Å². The van der Waals surface area contributed by atoms with E-state index in [1.807, 2.05) is 0 Å². The fraction of sp³-hybridized carbons (Fsp3) is 1.00. The van der Waals surface area contributed by atoms with E-state index in [-0.39, 0.29) is 0 Å². The third kappa shape index (κ3) is 5.84. The number of likely N-dealkylation sites (tertiary alicyclic amines) is 1. The van der Waals surface area contributed by atoms with E-state index in [0.717, 1.165) is 38.3 Å². The molecular formula is C14H30N2O. The van der Waals surface area contributed by atoms with Crippen molar-refractivity contribution in [2.24, 2.45) is 5.92 Å². The molecule has 2 atom stereocenters. The fourth-order valence-corrected chi connectivity index (χ4v) is 2.54. The molecule has 0 saturated carbocycles. The molecule has 102 valence electrons. The normalized spacial score (nSPS) is 26.3. The van der Waals surface area contributed by atoms with Crippen molar-refractivity contribution in [2.75, 3.05) is 39.4 Å². The third-order valence-electron chi connectivity index (χ3n) is 3.65. The summed E-state index contributed by atoms with van der Waals surface area (Å²) in [6, 6.07) is 0.720. The van der Waals surface area contributed by atoms with Gasteiger partial charge >= 0.3 is 0 Å². The first-order valence-corrected chi connectivity index (χ1v) is 7.31. The van der Waals surface area contributed by atoms with Gasteiger partial charge in [0.1, 0.15) is 0 Å².